The van der Waals surface area contributed by atoms with Crippen LogP contribution in [0.5, 0.6) is 0 Å². The number of likely N-dealkylation sites (N-methyl/N-ethyl adjacent to an activating group) is 1. The number of alkyl halides is 3. The minimum atomic E-state index is -4.72. The lowest BCUT2D eigenvalue weighted by Gasteiger charge is -2.24. The number of sulfonamides is 1. The molecule has 45 heavy (non-hydrogen) atoms. The summed E-state index contributed by atoms with van der Waals surface area (Å²) in [5, 5.41) is 20.2. The largest absolute Gasteiger partial charge is 0.569 e. The number of hydrogen-bond acceptors (Lipinski definition) is 9. The first kappa shape index (κ1) is 34.8. The molecule has 0 aliphatic rings. The number of esters is 1. The molecule has 0 fully saturated rings. The zero-order valence-electron chi connectivity index (χ0n) is 25.3. The molecule has 1 aromatic heterocycles. The van der Waals surface area contributed by atoms with Gasteiger partial charge in [-0.2, -0.15) is 18.3 Å². The maximum absolute atomic E-state index is 13.5. The molecule has 2 atom stereocenters. The molecule has 1 unspecified atom stereocenters. The molecule has 0 saturated carbocycles. The Balaban J connectivity index is 1.86. The van der Waals surface area contributed by atoms with E-state index in [0.717, 1.165) is 40.4 Å². The van der Waals surface area contributed by atoms with Crippen molar-refractivity contribution in [2.45, 2.75) is 64.4 Å². The average Bonchev–Trinajstić information content (AvgIpc) is 3.40. The van der Waals surface area contributed by atoms with E-state index in [-0.39, 0.29) is 33.6 Å². The second-order valence-electron chi connectivity index (χ2n) is 10.5. The SMILES string of the molecule is CC(=O)OC(C)ON=[N+]([O-])N(C)[C@@H](CC(C)C)C(=O)NS(=O)(=O)c1ccc(-n2nc(C(F)(F)F)cc2-c2ccc(C)cc2)cc1. The van der Waals surface area contributed by atoms with E-state index in [1.807, 2.05) is 11.6 Å². The van der Waals surface area contributed by atoms with Gasteiger partial charge in [0.2, 0.25) is 5.28 Å². The number of hydrazine groups is 1. The molecule has 1 heterocycles. The molecule has 2 aromatic carbocycles. The van der Waals surface area contributed by atoms with E-state index < -0.39 is 46.1 Å². The number of nitrogens with zero attached hydrogens (tertiary/aromatic N) is 5. The van der Waals surface area contributed by atoms with Crippen molar-refractivity contribution < 1.29 is 45.7 Å². The Labute approximate surface area is 257 Å². The van der Waals surface area contributed by atoms with E-state index in [4.69, 9.17) is 9.57 Å². The summed E-state index contributed by atoms with van der Waals surface area (Å²) in [4.78, 5) is 28.5. The Morgan fingerprint density at radius 1 is 1.11 bits per heavy atom. The highest BCUT2D eigenvalue weighted by molar-refractivity contribution is 7.90. The molecule has 0 aliphatic heterocycles. The van der Waals surface area contributed by atoms with Crippen molar-refractivity contribution in [2.24, 2.45) is 11.2 Å². The smallest absolute Gasteiger partial charge is 0.435 e. The molecular weight excluding hydrogens is 621 g/mol. The van der Waals surface area contributed by atoms with Crippen LogP contribution >= 0.6 is 0 Å². The van der Waals surface area contributed by atoms with Crippen LogP contribution in [0.15, 0.2) is 64.8 Å². The van der Waals surface area contributed by atoms with Gasteiger partial charge in [0.25, 0.3) is 22.2 Å². The first-order valence-corrected chi connectivity index (χ1v) is 15.0. The molecule has 0 spiro atoms. The number of aryl methyl sites for hydroxylation is 1. The van der Waals surface area contributed by atoms with Crippen molar-refractivity contribution in [1.29, 1.82) is 0 Å². The van der Waals surface area contributed by atoms with Gasteiger partial charge in [0.15, 0.2) is 11.7 Å². The van der Waals surface area contributed by atoms with Crippen molar-refractivity contribution in [3.63, 3.8) is 0 Å². The third-order valence-electron chi connectivity index (χ3n) is 6.29. The van der Waals surface area contributed by atoms with Crippen LogP contribution in [0, 0.1) is 18.0 Å². The summed E-state index contributed by atoms with van der Waals surface area (Å²) < 4.78 is 74.6. The lowest BCUT2D eigenvalue weighted by molar-refractivity contribution is -0.712. The molecule has 0 bridgehead atoms. The molecular formula is C28H33F3N6O7S. The molecule has 1 amide bonds. The van der Waals surface area contributed by atoms with Gasteiger partial charge in [0.1, 0.15) is 0 Å². The Morgan fingerprint density at radius 3 is 2.24 bits per heavy atom. The number of amides is 1. The number of hydrogen-bond donors (Lipinski definition) is 1. The van der Waals surface area contributed by atoms with Crippen LogP contribution in [0.1, 0.15) is 45.4 Å². The lowest BCUT2D eigenvalue weighted by atomic mass is 10.0. The van der Waals surface area contributed by atoms with Gasteiger partial charge < -0.3 is 9.94 Å². The van der Waals surface area contributed by atoms with Gasteiger partial charge in [-0.15, -0.1) is 5.01 Å². The third-order valence-corrected chi connectivity index (χ3v) is 7.65. The molecule has 17 heteroatoms. The fraction of sp³-hybridized carbons (Fsp3) is 0.393. The van der Waals surface area contributed by atoms with E-state index in [9.17, 15) is 36.4 Å². The quantitative estimate of drug-likeness (QED) is 0.0958. The number of aromatic nitrogens is 2. The summed E-state index contributed by atoms with van der Waals surface area (Å²) in [5.41, 5.74) is 0.491. The number of halogens is 3. The number of carbonyl (C=O) groups is 2. The molecule has 0 radical (unpaired) electrons. The predicted molar refractivity (Wildman–Crippen MR) is 153 cm³/mol. The van der Waals surface area contributed by atoms with Crippen LogP contribution in [0.25, 0.3) is 16.9 Å². The Bertz CT molecular complexity index is 1640. The van der Waals surface area contributed by atoms with Crippen molar-refractivity contribution in [3.05, 3.63) is 71.1 Å². The van der Waals surface area contributed by atoms with E-state index >= 15 is 0 Å². The second-order valence-corrected chi connectivity index (χ2v) is 12.2. The zero-order chi connectivity index (χ0) is 33.7. The summed E-state index contributed by atoms with van der Waals surface area (Å²) in [6.45, 7) is 7.76. The second kappa shape index (κ2) is 14.0. The fourth-order valence-electron chi connectivity index (χ4n) is 4.09. The highest BCUT2D eigenvalue weighted by Crippen LogP contribution is 2.33. The van der Waals surface area contributed by atoms with Crippen LogP contribution in [0.4, 0.5) is 13.2 Å². The van der Waals surface area contributed by atoms with Gasteiger partial charge in [-0.3, -0.25) is 14.4 Å². The minimum absolute atomic E-state index is 0.0349. The number of rotatable bonds is 12. The van der Waals surface area contributed by atoms with Gasteiger partial charge in [0, 0.05) is 19.4 Å². The monoisotopic (exact) mass is 654 g/mol. The topological polar surface area (TPSA) is 158 Å². The summed E-state index contributed by atoms with van der Waals surface area (Å²) in [6.07, 6.45) is -5.90. The Kier molecular flexibility index (Phi) is 10.8. The van der Waals surface area contributed by atoms with Gasteiger partial charge in [-0.25, -0.2) is 17.8 Å². The average molecular weight is 655 g/mol. The van der Waals surface area contributed by atoms with Gasteiger partial charge in [-0.05, 0) is 49.6 Å². The molecule has 0 aliphatic carbocycles. The van der Waals surface area contributed by atoms with Crippen LogP contribution in [-0.2, 0) is 35.4 Å². The van der Waals surface area contributed by atoms with Crippen molar-refractivity contribution >= 4 is 21.9 Å². The molecule has 3 aromatic rings. The van der Waals surface area contributed by atoms with Crippen LogP contribution < -0.4 is 4.72 Å². The number of benzene rings is 2. The van der Waals surface area contributed by atoms with Crippen LogP contribution in [0.2, 0.25) is 0 Å². The van der Waals surface area contributed by atoms with Crippen LogP contribution in [-0.4, -0.2) is 59.4 Å². The highest BCUT2D eigenvalue weighted by Gasteiger charge is 2.36. The Morgan fingerprint density at radius 2 is 1.71 bits per heavy atom. The molecule has 244 valence electrons. The molecule has 13 nitrogen and oxygen atoms in total. The number of ether oxygens (including phenoxy) is 1. The summed E-state index contributed by atoms with van der Waals surface area (Å²) >= 11 is 0. The minimum Gasteiger partial charge on any atom is -0.569 e. The Hall–Kier alpha value is -4.67. The molecule has 0 saturated heterocycles. The molecule has 3 rings (SSSR count). The normalized spacial score (nSPS) is 13.7. The summed E-state index contributed by atoms with van der Waals surface area (Å²) in [7, 11) is -3.31. The van der Waals surface area contributed by atoms with Crippen molar-refractivity contribution in [1.82, 2.24) is 19.5 Å². The van der Waals surface area contributed by atoms with Crippen molar-refractivity contribution in [2.75, 3.05) is 7.05 Å². The fourth-order valence-corrected chi connectivity index (χ4v) is 5.10. The maximum atomic E-state index is 13.5. The summed E-state index contributed by atoms with van der Waals surface area (Å²) in [5.74, 6) is -1.90. The number of carbonyl (C=O) groups excluding carboxylic acids is 2. The number of nitrogens with one attached hydrogen (secondary N) is 1. The van der Waals surface area contributed by atoms with Crippen LogP contribution in [0.3, 0.4) is 0 Å². The third kappa shape index (κ3) is 9.17. The van der Waals surface area contributed by atoms with E-state index in [1.54, 1.807) is 38.1 Å². The highest BCUT2D eigenvalue weighted by atomic mass is 32.2. The van der Waals surface area contributed by atoms with E-state index in [0.29, 0.717) is 5.56 Å². The lowest BCUT2D eigenvalue weighted by Crippen LogP contribution is -2.49. The molecule has 1 N–H and O–H groups in total. The predicted octanol–water partition coefficient (Wildman–Crippen LogP) is 4.74. The van der Waals surface area contributed by atoms with Crippen molar-refractivity contribution in [3.8, 4) is 16.9 Å². The first-order chi connectivity index (χ1) is 20.9. The van der Waals surface area contributed by atoms with Gasteiger partial charge in [-0.1, -0.05) is 43.7 Å². The van der Waals surface area contributed by atoms with Gasteiger partial charge in [0.05, 0.1) is 28.3 Å². The van der Waals surface area contributed by atoms with E-state index in [1.165, 1.54) is 26.1 Å². The zero-order valence-corrected chi connectivity index (χ0v) is 26.1. The maximum Gasteiger partial charge on any atom is 0.435 e. The summed E-state index contributed by atoms with van der Waals surface area (Å²) in [6, 6.07) is 11.1. The van der Waals surface area contributed by atoms with E-state index in [2.05, 4.69) is 10.4 Å². The van der Waals surface area contributed by atoms with Gasteiger partial charge >= 0.3 is 12.1 Å². The first-order valence-electron chi connectivity index (χ1n) is 13.5. The standard InChI is InChI=1S/C28H33F3N6O7S/c1-17(2)15-25(35(6)37(40)34-44-20(5)43-19(4)38)27(39)33-45(41,42)23-13-11-22(12-14-23)36-24(16-26(32-36)28(29,30)31)21-9-7-18(3)8-10-21/h7-14,16-17,20,25H,15H2,1-6H3,(H,33,39)/t20?,25-/m0/s1.